The molecular weight excluding hydrogens is 266 g/mol. The Balaban J connectivity index is 1.84. The maximum atomic E-state index is 8.95. The van der Waals surface area contributed by atoms with E-state index in [1.165, 1.54) is 4.70 Å². The third-order valence-corrected chi connectivity index (χ3v) is 4.02. The minimum absolute atomic E-state index is 0.147. The van der Waals surface area contributed by atoms with E-state index in [0.29, 0.717) is 5.56 Å². The first-order valence-corrected chi connectivity index (χ1v) is 7.24. The van der Waals surface area contributed by atoms with Crippen molar-refractivity contribution in [2.45, 2.75) is 13.0 Å². The van der Waals surface area contributed by atoms with Crippen LogP contribution in [-0.4, -0.2) is 4.98 Å². The summed E-state index contributed by atoms with van der Waals surface area (Å²) in [4.78, 5) is 4.27. The van der Waals surface area contributed by atoms with Gasteiger partial charge in [-0.1, -0.05) is 12.1 Å². The summed E-state index contributed by atoms with van der Waals surface area (Å²) >= 11 is 1.64. The molecular formula is C16H13N3S. The van der Waals surface area contributed by atoms with Crippen LogP contribution in [0, 0.1) is 11.3 Å². The monoisotopic (exact) mass is 279 g/mol. The number of aromatic nitrogens is 1. The number of benzene rings is 2. The Labute approximate surface area is 121 Å². The van der Waals surface area contributed by atoms with E-state index in [1.807, 2.05) is 41.9 Å². The van der Waals surface area contributed by atoms with Gasteiger partial charge in [0.2, 0.25) is 0 Å². The van der Waals surface area contributed by atoms with Crippen LogP contribution in [0.3, 0.4) is 0 Å². The van der Waals surface area contributed by atoms with Gasteiger partial charge in [0.1, 0.15) is 0 Å². The first-order chi connectivity index (χ1) is 9.76. The molecule has 1 aromatic heterocycles. The number of fused-ring (bicyclic) bond motifs is 1. The van der Waals surface area contributed by atoms with Crippen molar-refractivity contribution in [1.29, 1.82) is 5.26 Å². The van der Waals surface area contributed by atoms with Gasteiger partial charge in [0.25, 0.3) is 0 Å². The van der Waals surface area contributed by atoms with Crippen LogP contribution in [0.15, 0.2) is 48.0 Å². The number of nitrogens with one attached hydrogen (secondary N) is 1. The molecule has 0 saturated heterocycles. The largest absolute Gasteiger partial charge is 0.378 e. The number of hydrogen-bond donors (Lipinski definition) is 1. The molecule has 0 fully saturated rings. The molecule has 0 amide bonds. The molecule has 4 heteroatoms. The third kappa shape index (κ3) is 2.49. The van der Waals surface area contributed by atoms with Gasteiger partial charge in [0.05, 0.1) is 27.4 Å². The van der Waals surface area contributed by atoms with Gasteiger partial charge < -0.3 is 5.32 Å². The Bertz CT molecular complexity index is 786. The first kappa shape index (κ1) is 12.6. The van der Waals surface area contributed by atoms with Gasteiger partial charge in [0, 0.05) is 11.7 Å². The molecule has 0 aliphatic heterocycles. The summed E-state index contributed by atoms with van der Waals surface area (Å²) in [5.41, 5.74) is 5.74. The van der Waals surface area contributed by atoms with Crippen molar-refractivity contribution in [1.82, 2.24) is 4.98 Å². The summed E-state index contributed by atoms with van der Waals surface area (Å²) in [6.45, 7) is 2.09. The number of thiazole rings is 1. The third-order valence-electron chi connectivity index (χ3n) is 3.23. The van der Waals surface area contributed by atoms with E-state index in [1.54, 1.807) is 11.3 Å². The lowest BCUT2D eigenvalue weighted by Gasteiger charge is -2.16. The smallest absolute Gasteiger partial charge is 0.0991 e. The van der Waals surface area contributed by atoms with Crippen LogP contribution in [-0.2, 0) is 0 Å². The van der Waals surface area contributed by atoms with Gasteiger partial charge in [-0.3, -0.25) is 0 Å². The fourth-order valence-electron chi connectivity index (χ4n) is 2.16. The van der Waals surface area contributed by atoms with E-state index < -0.39 is 0 Å². The number of anilines is 1. The Morgan fingerprint density at radius 2 is 2.15 bits per heavy atom. The van der Waals surface area contributed by atoms with Crippen molar-refractivity contribution in [2.24, 2.45) is 0 Å². The van der Waals surface area contributed by atoms with Gasteiger partial charge in [-0.2, -0.15) is 5.26 Å². The summed E-state index contributed by atoms with van der Waals surface area (Å²) in [7, 11) is 0. The molecule has 2 aromatic carbocycles. The van der Waals surface area contributed by atoms with Crippen molar-refractivity contribution >= 4 is 27.2 Å². The normalized spacial score (nSPS) is 12.0. The van der Waals surface area contributed by atoms with Gasteiger partial charge in [-0.05, 0) is 42.8 Å². The van der Waals surface area contributed by atoms with E-state index in [-0.39, 0.29) is 6.04 Å². The van der Waals surface area contributed by atoms with Crippen LogP contribution in [0.25, 0.3) is 10.2 Å². The lowest BCUT2D eigenvalue weighted by molar-refractivity contribution is 0.884. The van der Waals surface area contributed by atoms with Gasteiger partial charge in [0.15, 0.2) is 0 Å². The zero-order valence-corrected chi connectivity index (χ0v) is 11.8. The van der Waals surface area contributed by atoms with Crippen LogP contribution in [0.1, 0.15) is 24.1 Å². The number of nitrogens with zero attached hydrogens (tertiary/aromatic N) is 2. The number of hydrogen-bond acceptors (Lipinski definition) is 4. The molecule has 1 atom stereocenters. The molecule has 98 valence electrons. The highest BCUT2D eigenvalue weighted by molar-refractivity contribution is 7.16. The van der Waals surface area contributed by atoms with Crippen molar-refractivity contribution in [3.63, 3.8) is 0 Å². The fraction of sp³-hybridized carbons (Fsp3) is 0.125. The molecule has 3 aromatic rings. The molecule has 0 saturated carbocycles. The second kappa shape index (κ2) is 5.32. The molecule has 20 heavy (non-hydrogen) atoms. The maximum Gasteiger partial charge on any atom is 0.0991 e. The van der Waals surface area contributed by atoms with E-state index in [0.717, 1.165) is 16.8 Å². The maximum absolute atomic E-state index is 8.95. The quantitative estimate of drug-likeness (QED) is 0.775. The second-order valence-corrected chi connectivity index (χ2v) is 5.52. The predicted molar refractivity (Wildman–Crippen MR) is 82.8 cm³/mol. The minimum atomic E-state index is 0.147. The summed E-state index contributed by atoms with van der Waals surface area (Å²) in [6.07, 6.45) is 0. The topological polar surface area (TPSA) is 48.7 Å². The van der Waals surface area contributed by atoms with Crippen molar-refractivity contribution in [3.05, 3.63) is 59.1 Å². The fourth-order valence-corrected chi connectivity index (χ4v) is 2.87. The van der Waals surface area contributed by atoms with Crippen molar-refractivity contribution in [2.75, 3.05) is 5.32 Å². The molecule has 0 bridgehead atoms. The molecule has 0 radical (unpaired) electrons. The lowest BCUT2D eigenvalue weighted by Crippen LogP contribution is -2.06. The van der Waals surface area contributed by atoms with Crippen LogP contribution in [0.2, 0.25) is 0 Å². The van der Waals surface area contributed by atoms with Crippen LogP contribution in [0.5, 0.6) is 0 Å². The zero-order chi connectivity index (χ0) is 13.9. The van der Waals surface area contributed by atoms with Gasteiger partial charge >= 0.3 is 0 Å². The van der Waals surface area contributed by atoms with Crippen molar-refractivity contribution in [3.8, 4) is 6.07 Å². The minimum Gasteiger partial charge on any atom is -0.378 e. The Kier molecular flexibility index (Phi) is 3.36. The van der Waals surface area contributed by atoms with E-state index in [2.05, 4.69) is 29.4 Å². The molecule has 3 nitrogen and oxygen atoms in total. The summed E-state index contributed by atoms with van der Waals surface area (Å²) in [5.74, 6) is 0. The Morgan fingerprint density at radius 1 is 1.25 bits per heavy atom. The summed E-state index contributed by atoms with van der Waals surface area (Å²) in [6, 6.07) is 16.2. The van der Waals surface area contributed by atoms with Crippen LogP contribution < -0.4 is 5.32 Å². The van der Waals surface area contributed by atoms with Gasteiger partial charge in [-0.15, -0.1) is 11.3 Å². The predicted octanol–water partition coefficient (Wildman–Crippen LogP) is 4.34. The highest BCUT2D eigenvalue weighted by Gasteiger charge is 2.07. The van der Waals surface area contributed by atoms with E-state index >= 15 is 0 Å². The first-order valence-electron chi connectivity index (χ1n) is 6.36. The van der Waals surface area contributed by atoms with E-state index in [4.69, 9.17) is 5.26 Å². The molecule has 0 aliphatic rings. The van der Waals surface area contributed by atoms with E-state index in [9.17, 15) is 0 Å². The molecule has 1 heterocycles. The number of rotatable bonds is 3. The highest BCUT2D eigenvalue weighted by Crippen LogP contribution is 2.25. The summed E-state index contributed by atoms with van der Waals surface area (Å²) < 4.78 is 1.17. The summed E-state index contributed by atoms with van der Waals surface area (Å²) in [5, 5.41) is 12.4. The van der Waals surface area contributed by atoms with Crippen molar-refractivity contribution < 1.29 is 0 Å². The standard InChI is InChI=1S/C16H13N3S/c1-11(13-4-2-3-12(7-13)9-17)19-14-5-6-15-16(8-14)20-10-18-15/h2-8,10-11,19H,1H3. The molecule has 1 unspecified atom stereocenters. The van der Waals surface area contributed by atoms with Gasteiger partial charge in [-0.25, -0.2) is 4.98 Å². The number of nitriles is 1. The average Bonchev–Trinajstić information content (AvgIpc) is 2.95. The zero-order valence-electron chi connectivity index (χ0n) is 11.0. The molecule has 0 spiro atoms. The second-order valence-electron chi connectivity index (χ2n) is 4.64. The lowest BCUT2D eigenvalue weighted by atomic mass is 10.1. The molecule has 0 aliphatic carbocycles. The Hall–Kier alpha value is -2.38. The van der Waals surface area contributed by atoms with Crippen LogP contribution >= 0.6 is 11.3 Å². The molecule has 3 rings (SSSR count). The highest BCUT2D eigenvalue weighted by atomic mass is 32.1. The molecule has 1 N–H and O–H groups in total. The average molecular weight is 279 g/mol. The Morgan fingerprint density at radius 3 is 3.00 bits per heavy atom. The SMILES string of the molecule is CC(Nc1ccc2ncsc2c1)c1cccc(C#N)c1. The van der Waals surface area contributed by atoms with Crippen LogP contribution in [0.4, 0.5) is 5.69 Å².